The lowest BCUT2D eigenvalue weighted by molar-refractivity contribution is -0.0638. The first-order valence-electron chi connectivity index (χ1n) is 8.18. The Morgan fingerprint density at radius 1 is 1.33 bits per heavy atom. The molecule has 2 aromatic rings. The first-order valence-corrected chi connectivity index (χ1v) is 8.18. The van der Waals surface area contributed by atoms with E-state index in [4.69, 9.17) is 9.47 Å². The summed E-state index contributed by atoms with van der Waals surface area (Å²) in [6, 6.07) is 6.16. The van der Waals surface area contributed by atoms with Gasteiger partial charge in [0, 0.05) is 45.1 Å². The van der Waals surface area contributed by atoms with E-state index in [0.717, 1.165) is 31.8 Å². The molecule has 24 heavy (non-hydrogen) atoms. The molecule has 1 fully saturated rings. The predicted molar refractivity (Wildman–Crippen MR) is 90.8 cm³/mol. The van der Waals surface area contributed by atoms with Gasteiger partial charge in [-0.2, -0.15) is 5.10 Å². The summed E-state index contributed by atoms with van der Waals surface area (Å²) < 4.78 is 13.0. The van der Waals surface area contributed by atoms with E-state index in [1.54, 1.807) is 7.11 Å². The summed E-state index contributed by atoms with van der Waals surface area (Å²) in [5.74, 6) is 0.632. The van der Waals surface area contributed by atoms with Gasteiger partial charge in [0.15, 0.2) is 0 Å². The van der Waals surface area contributed by atoms with E-state index in [9.17, 15) is 0 Å². The van der Waals surface area contributed by atoms with Crippen molar-refractivity contribution >= 4 is 0 Å². The van der Waals surface area contributed by atoms with E-state index in [-0.39, 0.29) is 12.1 Å². The zero-order valence-electron chi connectivity index (χ0n) is 14.5. The van der Waals surface area contributed by atoms with Crippen LogP contribution in [0.1, 0.15) is 17.3 Å². The lowest BCUT2D eigenvalue weighted by Gasteiger charge is -2.39. The summed E-state index contributed by atoms with van der Waals surface area (Å²) in [7, 11) is 5.74. The average Bonchev–Trinajstić information content (AvgIpc) is 3.01. The molecule has 0 aromatic carbocycles. The van der Waals surface area contributed by atoms with Crippen molar-refractivity contribution < 1.29 is 9.47 Å². The van der Waals surface area contributed by atoms with Gasteiger partial charge in [0.05, 0.1) is 31.6 Å². The Morgan fingerprint density at radius 2 is 2.21 bits per heavy atom. The van der Waals surface area contributed by atoms with Gasteiger partial charge in [0.25, 0.3) is 0 Å². The van der Waals surface area contributed by atoms with Gasteiger partial charge < -0.3 is 14.8 Å². The summed E-state index contributed by atoms with van der Waals surface area (Å²) >= 11 is 0. The molecule has 0 radical (unpaired) electrons. The zero-order valence-corrected chi connectivity index (χ0v) is 14.5. The molecule has 0 bridgehead atoms. The monoisotopic (exact) mass is 331 g/mol. The van der Waals surface area contributed by atoms with Gasteiger partial charge in [-0.3, -0.25) is 9.58 Å². The largest absolute Gasteiger partial charge is 0.481 e. The van der Waals surface area contributed by atoms with Crippen molar-refractivity contribution in [1.29, 1.82) is 0 Å². The summed E-state index contributed by atoms with van der Waals surface area (Å²) in [6.07, 6.45) is 3.76. The highest BCUT2D eigenvalue weighted by Gasteiger charge is 2.32. The fourth-order valence-electron chi connectivity index (χ4n) is 3.12. The smallest absolute Gasteiger partial charge is 0.212 e. The molecule has 0 amide bonds. The third kappa shape index (κ3) is 3.75. The van der Waals surface area contributed by atoms with Gasteiger partial charge in [0.2, 0.25) is 5.88 Å². The van der Waals surface area contributed by atoms with Gasteiger partial charge in [0.1, 0.15) is 0 Å². The Hall–Kier alpha value is -1.96. The van der Waals surface area contributed by atoms with Gasteiger partial charge in [-0.1, -0.05) is 6.07 Å². The quantitative estimate of drug-likeness (QED) is 0.851. The molecule has 2 atom stereocenters. The summed E-state index contributed by atoms with van der Waals surface area (Å²) in [6.45, 7) is 3.20. The number of aryl methyl sites for hydroxylation is 1. The van der Waals surface area contributed by atoms with Crippen molar-refractivity contribution in [3.63, 3.8) is 0 Å². The molecule has 3 rings (SSSR count). The van der Waals surface area contributed by atoms with Gasteiger partial charge >= 0.3 is 0 Å². The minimum atomic E-state index is 0.0883. The van der Waals surface area contributed by atoms with Crippen LogP contribution in [0.25, 0.3) is 0 Å². The second-order valence-electron chi connectivity index (χ2n) is 6.05. The molecule has 1 saturated heterocycles. The highest BCUT2D eigenvalue weighted by Crippen LogP contribution is 2.27. The van der Waals surface area contributed by atoms with Crippen molar-refractivity contribution in [2.45, 2.75) is 18.7 Å². The number of aromatic nitrogens is 3. The van der Waals surface area contributed by atoms with E-state index in [2.05, 4.69) is 33.4 Å². The van der Waals surface area contributed by atoms with Crippen LogP contribution < -0.4 is 10.1 Å². The third-order valence-electron chi connectivity index (χ3n) is 4.45. The predicted octanol–water partition coefficient (Wildman–Crippen LogP) is 0.985. The van der Waals surface area contributed by atoms with Crippen LogP contribution in [0, 0.1) is 0 Å². The van der Waals surface area contributed by atoms with E-state index in [0.29, 0.717) is 5.88 Å². The van der Waals surface area contributed by atoms with Crippen LogP contribution >= 0.6 is 0 Å². The summed E-state index contributed by atoms with van der Waals surface area (Å²) in [5.41, 5.74) is 2.30. The maximum absolute atomic E-state index is 6.03. The molecule has 130 valence electrons. The van der Waals surface area contributed by atoms with Crippen LogP contribution in [-0.4, -0.2) is 59.6 Å². The zero-order chi connectivity index (χ0) is 16.9. The van der Waals surface area contributed by atoms with Crippen molar-refractivity contribution in [1.82, 2.24) is 25.0 Å². The second kappa shape index (κ2) is 7.74. The first-order chi connectivity index (χ1) is 11.7. The van der Waals surface area contributed by atoms with E-state index in [1.807, 2.05) is 36.3 Å². The molecule has 2 aromatic heterocycles. The van der Waals surface area contributed by atoms with Crippen LogP contribution in [0.5, 0.6) is 5.88 Å². The van der Waals surface area contributed by atoms with Gasteiger partial charge in [-0.05, 0) is 18.7 Å². The third-order valence-corrected chi connectivity index (χ3v) is 4.45. The number of likely N-dealkylation sites (N-methyl/N-ethyl adjacent to an activating group) is 1. The van der Waals surface area contributed by atoms with Crippen molar-refractivity contribution in [3.05, 3.63) is 41.9 Å². The van der Waals surface area contributed by atoms with E-state index < -0.39 is 0 Å². The number of pyridine rings is 1. The summed E-state index contributed by atoms with van der Waals surface area (Å²) in [4.78, 5) is 6.56. The molecule has 7 nitrogen and oxygen atoms in total. The van der Waals surface area contributed by atoms with Crippen LogP contribution in [0.4, 0.5) is 0 Å². The molecular formula is C17H25N5O2. The standard InChI is InChI=1S/C17H25N5O2/c1-21-8-9-24-15(17(21)14-6-7-20-22(14)2)12-18-10-13-4-5-16(23-3)19-11-13/h4-7,11,15,17-18H,8-10,12H2,1-3H3/t15-,17-/m0/s1. The minimum absolute atomic E-state index is 0.0883. The molecule has 1 aliphatic heterocycles. The Labute approximate surface area is 142 Å². The highest BCUT2D eigenvalue weighted by molar-refractivity contribution is 5.17. The topological polar surface area (TPSA) is 64.4 Å². The molecule has 1 N–H and O–H groups in total. The Bertz CT molecular complexity index is 643. The number of ether oxygens (including phenoxy) is 2. The van der Waals surface area contributed by atoms with Crippen molar-refractivity contribution in [2.75, 3.05) is 33.9 Å². The fraction of sp³-hybridized carbons (Fsp3) is 0.529. The lowest BCUT2D eigenvalue weighted by Crippen LogP contribution is -2.48. The Morgan fingerprint density at radius 3 is 2.88 bits per heavy atom. The lowest BCUT2D eigenvalue weighted by atomic mass is 10.0. The average molecular weight is 331 g/mol. The van der Waals surface area contributed by atoms with Crippen LogP contribution in [-0.2, 0) is 18.3 Å². The van der Waals surface area contributed by atoms with E-state index >= 15 is 0 Å². The number of nitrogens with zero attached hydrogens (tertiary/aromatic N) is 4. The number of rotatable bonds is 6. The van der Waals surface area contributed by atoms with Crippen LogP contribution in [0.15, 0.2) is 30.6 Å². The van der Waals surface area contributed by atoms with Crippen molar-refractivity contribution in [2.24, 2.45) is 7.05 Å². The first kappa shape index (κ1) is 16.9. The molecule has 3 heterocycles. The fourth-order valence-corrected chi connectivity index (χ4v) is 3.12. The maximum atomic E-state index is 6.03. The maximum Gasteiger partial charge on any atom is 0.212 e. The molecule has 7 heteroatoms. The molecule has 0 unspecified atom stereocenters. The normalized spacial score (nSPS) is 21.8. The second-order valence-corrected chi connectivity index (χ2v) is 6.05. The van der Waals surface area contributed by atoms with Crippen LogP contribution in [0.3, 0.4) is 0 Å². The molecule has 0 spiro atoms. The Balaban J connectivity index is 1.60. The molecule has 0 aliphatic carbocycles. The SMILES string of the molecule is COc1ccc(CNC[C@@H]2OCCN(C)[C@H]2c2ccnn2C)cn1. The summed E-state index contributed by atoms with van der Waals surface area (Å²) in [5, 5.41) is 7.78. The van der Waals surface area contributed by atoms with E-state index in [1.165, 1.54) is 5.69 Å². The van der Waals surface area contributed by atoms with Crippen molar-refractivity contribution in [3.8, 4) is 5.88 Å². The molecular weight excluding hydrogens is 306 g/mol. The number of hydrogen-bond acceptors (Lipinski definition) is 6. The number of morpholine rings is 1. The molecule has 1 aliphatic rings. The van der Waals surface area contributed by atoms with Crippen LogP contribution in [0.2, 0.25) is 0 Å². The number of nitrogens with one attached hydrogen (secondary N) is 1. The molecule has 0 saturated carbocycles. The highest BCUT2D eigenvalue weighted by atomic mass is 16.5. The number of methoxy groups -OCH3 is 1. The van der Waals surface area contributed by atoms with Gasteiger partial charge in [-0.15, -0.1) is 0 Å². The number of hydrogen-bond donors (Lipinski definition) is 1. The minimum Gasteiger partial charge on any atom is -0.481 e. The Kier molecular flexibility index (Phi) is 5.44. The van der Waals surface area contributed by atoms with Gasteiger partial charge in [-0.25, -0.2) is 4.98 Å².